The standard InChI is InChI=1S/C22H23ClFN5O3.C20H19ClFN5O3/c1-2-32-22(31)19(25)11-16(27-21(30)20-12-26-29-28-20)9-13-3-5-14(6-4-13)17-10-15(23)7-8-18(17)24;21-13-5-6-16(22)15(8-13)12-3-1-11(2-4-12)7-14(9-17(23)20(29)30)25-19(28)18-10-24-27-26-18/h3-8,10,12,16,19H,2,9,11,25H2,1H3,(H,27,30)(H,26,28,29);1-6,8,10,14,17H,7,9,23H2,(H,25,28)(H,29,30)(H,24,26,27)/t16-,19-;14-,17-/m11/s1. The molecule has 20 heteroatoms. The molecule has 0 unspecified atom stereocenters. The second-order valence-corrected chi connectivity index (χ2v) is 14.7. The summed E-state index contributed by atoms with van der Waals surface area (Å²) in [6, 6.07) is 19.8. The van der Waals surface area contributed by atoms with E-state index in [1.807, 2.05) is 12.1 Å². The van der Waals surface area contributed by atoms with Crippen molar-refractivity contribution in [3.05, 3.63) is 142 Å². The van der Waals surface area contributed by atoms with Crippen molar-refractivity contribution >= 4 is 47.0 Å². The van der Waals surface area contributed by atoms with Gasteiger partial charge in [-0.15, -0.1) is 0 Å². The van der Waals surface area contributed by atoms with E-state index in [2.05, 4.69) is 41.5 Å². The lowest BCUT2D eigenvalue weighted by atomic mass is 9.97. The summed E-state index contributed by atoms with van der Waals surface area (Å²) in [4.78, 5) is 47.9. The number of aliphatic carboxylic acids is 1. The van der Waals surface area contributed by atoms with Gasteiger partial charge in [0.15, 0.2) is 11.4 Å². The highest BCUT2D eigenvalue weighted by Crippen LogP contribution is 2.28. The number of hydrogen-bond donors (Lipinski definition) is 7. The van der Waals surface area contributed by atoms with E-state index in [4.69, 9.17) is 44.5 Å². The maximum Gasteiger partial charge on any atom is 0.322 e. The minimum absolute atomic E-state index is 0.0175. The summed E-state index contributed by atoms with van der Waals surface area (Å²) in [5.74, 6) is -3.42. The van der Waals surface area contributed by atoms with Crippen LogP contribution in [0.25, 0.3) is 22.3 Å². The summed E-state index contributed by atoms with van der Waals surface area (Å²) >= 11 is 11.9. The van der Waals surface area contributed by atoms with Gasteiger partial charge in [-0.3, -0.25) is 19.2 Å². The highest BCUT2D eigenvalue weighted by atomic mass is 35.5. The van der Waals surface area contributed by atoms with Gasteiger partial charge in [0.25, 0.3) is 11.8 Å². The molecule has 6 rings (SSSR count). The fraction of sp³-hybridized carbons (Fsp3) is 0.238. The van der Waals surface area contributed by atoms with Crippen LogP contribution in [-0.2, 0) is 27.2 Å². The molecule has 0 spiro atoms. The highest BCUT2D eigenvalue weighted by Gasteiger charge is 2.25. The average molecular weight is 892 g/mol. The van der Waals surface area contributed by atoms with Crippen molar-refractivity contribution in [2.24, 2.45) is 11.5 Å². The number of carbonyl (C=O) groups is 4. The van der Waals surface area contributed by atoms with Crippen LogP contribution in [-0.4, -0.2) is 90.5 Å². The first-order valence-electron chi connectivity index (χ1n) is 19.0. The van der Waals surface area contributed by atoms with E-state index in [-0.39, 0.29) is 36.7 Å². The molecule has 62 heavy (non-hydrogen) atoms. The van der Waals surface area contributed by atoms with Crippen LogP contribution in [0, 0.1) is 11.6 Å². The van der Waals surface area contributed by atoms with Gasteiger partial charge in [-0.1, -0.05) is 71.7 Å². The summed E-state index contributed by atoms with van der Waals surface area (Å²) in [6.07, 6.45) is 3.44. The lowest BCUT2D eigenvalue weighted by Gasteiger charge is -2.21. The molecule has 16 nitrogen and oxygen atoms in total. The minimum atomic E-state index is -1.16. The van der Waals surface area contributed by atoms with Gasteiger partial charge in [0, 0.05) is 33.3 Å². The van der Waals surface area contributed by atoms with Gasteiger partial charge in [-0.25, -0.2) is 8.78 Å². The van der Waals surface area contributed by atoms with Crippen LogP contribution in [0.2, 0.25) is 10.0 Å². The van der Waals surface area contributed by atoms with E-state index < -0.39 is 53.7 Å². The van der Waals surface area contributed by atoms with Crippen molar-refractivity contribution in [1.82, 2.24) is 41.5 Å². The number of ether oxygens (including phenoxy) is 1. The first kappa shape index (κ1) is 46.5. The van der Waals surface area contributed by atoms with Gasteiger partial charge < -0.3 is 31.9 Å². The van der Waals surface area contributed by atoms with Crippen molar-refractivity contribution in [1.29, 1.82) is 0 Å². The molecule has 0 aliphatic rings. The van der Waals surface area contributed by atoms with E-state index in [1.165, 1.54) is 36.7 Å². The number of nitrogens with one attached hydrogen (secondary N) is 4. The SMILES string of the molecule is CCOC(=O)[C@H](N)C[C@@H](Cc1ccc(-c2cc(Cl)ccc2F)cc1)NC(=O)c1cn[nH]n1.N[C@H](C[C@@H](Cc1ccc(-c2cc(Cl)ccc2F)cc1)NC(=O)c1cn[nH]n1)C(=O)O. The number of rotatable bonds is 17. The van der Waals surface area contributed by atoms with Crippen molar-refractivity contribution in [3.63, 3.8) is 0 Å². The number of hydrogen-bond acceptors (Lipinski definition) is 11. The van der Waals surface area contributed by atoms with Crippen molar-refractivity contribution in [2.45, 2.75) is 56.8 Å². The number of carboxylic acids is 1. The van der Waals surface area contributed by atoms with Gasteiger partial charge >= 0.3 is 11.9 Å². The van der Waals surface area contributed by atoms with Gasteiger partial charge in [0.1, 0.15) is 23.7 Å². The maximum atomic E-state index is 14.1. The zero-order valence-electron chi connectivity index (χ0n) is 33.0. The largest absolute Gasteiger partial charge is 0.480 e. The summed E-state index contributed by atoms with van der Waals surface area (Å²) < 4.78 is 33.2. The van der Waals surface area contributed by atoms with E-state index in [9.17, 15) is 28.0 Å². The van der Waals surface area contributed by atoms with E-state index in [0.717, 1.165) is 11.1 Å². The van der Waals surface area contributed by atoms with Crippen LogP contribution in [0.3, 0.4) is 0 Å². The third kappa shape index (κ3) is 13.5. The Bertz CT molecular complexity index is 2430. The quantitative estimate of drug-likeness (QED) is 0.0577. The number of benzene rings is 4. The molecule has 2 amide bonds. The van der Waals surface area contributed by atoms with Gasteiger partial charge in [-0.2, -0.15) is 30.8 Å². The Hall–Kier alpha value is -6.60. The van der Waals surface area contributed by atoms with Crippen molar-refractivity contribution in [3.8, 4) is 22.3 Å². The third-order valence-electron chi connectivity index (χ3n) is 9.30. The molecule has 2 aromatic heterocycles. The van der Waals surface area contributed by atoms with E-state index in [0.29, 0.717) is 45.1 Å². The van der Waals surface area contributed by atoms with Crippen LogP contribution in [0.15, 0.2) is 97.3 Å². The third-order valence-corrected chi connectivity index (χ3v) is 9.77. The molecule has 0 aliphatic heterocycles. The summed E-state index contributed by atoms with van der Waals surface area (Å²) in [5, 5.41) is 34.9. The number of carbonyl (C=O) groups excluding carboxylic acids is 3. The molecule has 0 saturated carbocycles. The molecule has 0 radical (unpaired) electrons. The van der Waals surface area contributed by atoms with Crippen LogP contribution in [0.4, 0.5) is 8.78 Å². The van der Waals surface area contributed by atoms with Crippen molar-refractivity contribution < 1.29 is 37.8 Å². The zero-order valence-corrected chi connectivity index (χ0v) is 34.5. The number of carboxylic acid groups (broad SMARTS) is 1. The summed E-state index contributed by atoms with van der Waals surface area (Å²) in [5.41, 5.74) is 15.6. The molecule has 4 atom stereocenters. The number of aromatic amines is 2. The van der Waals surface area contributed by atoms with Crippen LogP contribution < -0.4 is 22.1 Å². The molecule has 6 aromatic rings. The second kappa shape index (κ2) is 22.3. The maximum absolute atomic E-state index is 14.1. The molecular weight excluding hydrogens is 849 g/mol. The number of aromatic nitrogens is 6. The smallest absolute Gasteiger partial charge is 0.322 e. The molecule has 9 N–H and O–H groups in total. The van der Waals surface area contributed by atoms with Gasteiger partial charge in [0.05, 0.1) is 19.0 Å². The first-order valence-corrected chi connectivity index (χ1v) is 19.8. The number of H-pyrrole nitrogens is 2. The molecule has 0 saturated heterocycles. The Morgan fingerprint density at radius 1 is 0.694 bits per heavy atom. The van der Waals surface area contributed by atoms with Crippen LogP contribution in [0.5, 0.6) is 0 Å². The van der Waals surface area contributed by atoms with Crippen molar-refractivity contribution in [2.75, 3.05) is 6.61 Å². The fourth-order valence-electron chi connectivity index (χ4n) is 6.23. The molecule has 4 aromatic carbocycles. The monoisotopic (exact) mass is 890 g/mol. The van der Waals surface area contributed by atoms with Gasteiger partial charge in [-0.05, 0) is 91.3 Å². The number of esters is 1. The van der Waals surface area contributed by atoms with E-state index >= 15 is 0 Å². The Balaban J connectivity index is 0.000000235. The predicted octanol–water partition coefficient (Wildman–Crippen LogP) is 5.29. The lowest BCUT2D eigenvalue weighted by Crippen LogP contribution is -2.44. The number of nitrogens with zero attached hydrogens (tertiary/aromatic N) is 4. The van der Waals surface area contributed by atoms with Gasteiger partial charge in [0.2, 0.25) is 0 Å². The van der Waals surface area contributed by atoms with Crippen LogP contribution >= 0.6 is 23.2 Å². The number of halogens is 4. The minimum Gasteiger partial charge on any atom is -0.480 e. The summed E-state index contributed by atoms with van der Waals surface area (Å²) in [7, 11) is 0. The van der Waals surface area contributed by atoms with E-state index in [1.54, 1.807) is 55.5 Å². The average Bonchev–Trinajstić information content (AvgIpc) is 4.00. The molecular formula is C42H42Cl2F2N10O6. The molecule has 2 heterocycles. The topological polar surface area (TPSA) is 257 Å². The zero-order chi connectivity index (χ0) is 44.8. The van der Waals surface area contributed by atoms with Crippen LogP contribution in [0.1, 0.15) is 51.9 Å². The molecule has 0 aliphatic carbocycles. The highest BCUT2D eigenvalue weighted by molar-refractivity contribution is 6.31. The Labute approximate surface area is 363 Å². The fourth-order valence-corrected chi connectivity index (χ4v) is 6.58. The lowest BCUT2D eigenvalue weighted by molar-refractivity contribution is -0.145. The Kier molecular flexibility index (Phi) is 16.7. The normalized spacial score (nSPS) is 12.8. The first-order chi connectivity index (χ1) is 29.7. The number of nitrogens with two attached hydrogens (primary N) is 2. The Morgan fingerprint density at radius 3 is 1.48 bits per heavy atom. The summed E-state index contributed by atoms with van der Waals surface area (Å²) in [6.45, 7) is 1.91. The Morgan fingerprint density at radius 2 is 1.11 bits per heavy atom. The second-order valence-electron chi connectivity index (χ2n) is 13.9. The molecule has 324 valence electrons. The predicted molar refractivity (Wildman–Crippen MR) is 226 cm³/mol. The molecule has 0 bridgehead atoms. The number of amides is 2. The molecule has 0 fully saturated rings.